The van der Waals surface area contributed by atoms with Gasteiger partial charge >= 0.3 is 0 Å². The van der Waals surface area contributed by atoms with Crippen molar-refractivity contribution in [3.05, 3.63) is 40.8 Å². The summed E-state index contributed by atoms with van der Waals surface area (Å²) in [5.41, 5.74) is 2.42. The van der Waals surface area contributed by atoms with Gasteiger partial charge in [-0.15, -0.1) is 0 Å². The zero-order valence-electron chi connectivity index (χ0n) is 11.7. The summed E-state index contributed by atoms with van der Waals surface area (Å²) in [6.45, 7) is 4.05. The molecule has 2 aromatic rings. The second-order valence-corrected chi connectivity index (χ2v) is 5.21. The summed E-state index contributed by atoms with van der Waals surface area (Å²) in [6.07, 6.45) is 2.31. The average Bonchev–Trinajstić information content (AvgIpc) is 2.48. The molecule has 0 aliphatic carbocycles. The van der Waals surface area contributed by atoms with Crippen molar-refractivity contribution in [1.29, 1.82) is 0 Å². The molecule has 0 atom stereocenters. The van der Waals surface area contributed by atoms with Crippen LogP contribution in [0.15, 0.2) is 24.5 Å². The first-order valence-corrected chi connectivity index (χ1v) is 7.21. The molecule has 1 aliphatic rings. The fourth-order valence-corrected chi connectivity index (χ4v) is 2.40. The Bertz CT molecular complexity index is 649. The Labute approximate surface area is 128 Å². The van der Waals surface area contributed by atoms with E-state index in [-0.39, 0.29) is 0 Å². The molecule has 110 valence electrons. The first kappa shape index (κ1) is 13.9. The van der Waals surface area contributed by atoms with Gasteiger partial charge in [-0.25, -0.2) is 9.97 Å². The maximum absolute atomic E-state index is 5.82. The second kappa shape index (κ2) is 6.18. The third-order valence-electron chi connectivity index (χ3n) is 3.33. The number of aryl methyl sites for hydroxylation is 1. The largest absolute Gasteiger partial charge is 0.486 e. The van der Waals surface area contributed by atoms with E-state index in [0.717, 1.165) is 30.3 Å². The number of nitrogens with one attached hydrogen (secondary N) is 1. The summed E-state index contributed by atoms with van der Waals surface area (Å²) in [4.78, 5) is 7.96. The standard InChI is InChI=1S/C15H16ClN3O2/c1-10-6-12-13(21-5-4-20-12)7-11(10)2-3-17-15-8-14(16)18-9-19-15/h6-9H,2-5H2,1H3,(H,17,18,19). The molecule has 3 rings (SSSR count). The predicted octanol–water partition coefficient (Wildman–Crippen LogP) is 2.86. The highest BCUT2D eigenvalue weighted by Crippen LogP contribution is 2.33. The number of nitrogens with zero attached hydrogens (tertiary/aromatic N) is 2. The van der Waals surface area contributed by atoms with Crippen molar-refractivity contribution < 1.29 is 9.47 Å². The predicted molar refractivity (Wildman–Crippen MR) is 81.4 cm³/mol. The lowest BCUT2D eigenvalue weighted by molar-refractivity contribution is 0.171. The number of halogens is 1. The quantitative estimate of drug-likeness (QED) is 0.880. The van der Waals surface area contributed by atoms with Crippen LogP contribution in [0.3, 0.4) is 0 Å². The highest BCUT2D eigenvalue weighted by atomic mass is 35.5. The molecule has 0 unspecified atom stereocenters. The first-order valence-electron chi connectivity index (χ1n) is 6.83. The Morgan fingerprint density at radius 2 is 1.90 bits per heavy atom. The number of aromatic nitrogens is 2. The molecule has 21 heavy (non-hydrogen) atoms. The van der Waals surface area contributed by atoms with Crippen LogP contribution in [0.5, 0.6) is 11.5 Å². The summed E-state index contributed by atoms with van der Waals surface area (Å²) in [6, 6.07) is 5.79. The van der Waals surface area contributed by atoms with E-state index in [1.807, 2.05) is 6.07 Å². The third-order valence-corrected chi connectivity index (χ3v) is 3.54. The van der Waals surface area contributed by atoms with Gasteiger partial charge in [0.1, 0.15) is 30.5 Å². The fourth-order valence-electron chi connectivity index (χ4n) is 2.26. The molecule has 0 radical (unpaired) electrons. The Morgan fingerprint density at radius 3 is 2.67 bits per heavy atom. The van der Waals surface area contributed by atoms with Gasteiger partial charge in [0.15, 0.2) is 11.5 Å². The number of benzene rings is 1. The van der Waals surface area contributed by atoms with Crippen molar-refractivity contribution in [3.8, 4) is 11.5 Å². The molecule has 1 N–H and O–H groups in total. The maximum atomic E-state index is 5.82. The topological polar surface area (TPSA) is 56.3 Å². The number of hydrogen-bond donors (Lipinski definition) is 1. The van der Waals surface area contributed by atoms with Crippen molar-refractivity contribution in [3.63, 3.8) is 0 Å². The van der Waals surface area contributed by atoms with Crippen LogP contribution in [0.25, 0.3) is 0 Å². The first-order chi connectivity index (χ1) is 10.2. The minimum Gasteiger partial charge on any atom is -0.486 e. The summed E-state index contributed by atoms with van der Waals surface area (Å²) >= 11 is 5.82. The molecular weight excluding hydrogens is 290 g/mol. The Kier molecular flexibility index (Phi) is 4.10. The van der Waals surface area contributed by atoms with Crippen LogP contribution < -0.4 is 14.8 Å². The van der Waals surface area contributed by atoms with Gasteiger partial charge in [-0.2, -0.15) is 0 Å². The lowest BCUT2D eigenvalue weighted by Crippen LogP contribution is -2.16. The molecule has 6 heteroatoms. The van der Waals surface area contributed by atoms with E-state index in [1.54, 1.807) is 6.07 Å². The fraction of sp³-hybridized carbons (Fsp3) is 0.333. The van der Waals surface area contributed by atoms with Crippen molar-refractivity contribution in [2.24, 2.45) is 0 Å². The smallest absolute Gasteiger partial charge is 0.161 e. The van der Waals surface area contributed by atoms with E-state index >= 15 is 0 Å². The molecular formula is C15H16ClN3O2. The summed E-state index contributed by atoms with van der Waals surface area (Å²) < 4.78 is 11.2. The number of ether oxygens (including phenoxy) is 2. The van der Waals surface area contributed by atoms with Crippen molar-refractivity contribution in [2.75, 3.05) is 25.1 Å². The van der Waals surface area contributed by atoms with Gasteiger partial charge in [-0.3, -0.25) is 0 Å². The molecule has 0 amide bonds. The zero-order valence-corrected chi connectivity index (χ0v) is 12.5. The summed E-state index contributed by atoms with van der Waals surface area (Å²) in [7, 11) is 0. The molecule has 0 saturated heterocycles. The van der Waals surface area contributed by atoms with Crippen molar-refractivity contribution >= 4 is 17.4 Å². The SMILES string of the molecule is Cc1cc2c(cc1CCNc1cc(Cl)ncn1)OCCO2. The van der Waals surface area contributed by atoms with Gasteiger partial charge < -0.3 is 14.8 Å². The van der Waals surface area contributed by atoms with E-state index < -0.39 is 0 Å². The normalized spacial score (nSPS) is 13.0. The van der Waals surface area contributed by atoms with Gasteiger partial charge in [-0.1, -0.05) is 11.6 Å². The van der Waals surface area contributed by atoms with E-state index in [4.69, 9.17) is 21.1 Å². The Hall–Kier alpha value is -2.01. The lowest BCUT2D eigenvalue weighted by Gasteiger charge is -2.20. The van der Waals surface area contributed by atoms with Crippen LogP contribution >= 0.6 is 11.6 Å². The molecule has 0 bridgehead atoms. The van der Waals surface area contributed by atoms with Gasteiger partial charge in [0.2, 0.25) is 0 Å². The van der Waals surface area contributed by atoms with Gasteiger partial charge in [0, 0.05) is 12.6 Å². The number of anilines is 1. The molecule has 0 spiro atoms. The average molecular weight is 306 g/mol. The zero-order chi connectivity index (χ0) is 14.7. The van der Waals surface area contributed by atoms with Crippen LogP contribution in [0.1, 0.15) is 11.1 Å². The van der Waals surface area contributed by atoms with Crippen LogP contribution in [0.4, 0.5) is 5.82 Å². The van der Waals surface area contributed by atoms with Crippen LogP contribution in [-0.2, 0) is 6.42 Å². The molecule has 1 aromatic heterocycles. The number of fused-ring (bicyclic) bond motifs is 1. The molecule has 0 saturated carbocycles. The highest BCUT2D eigenvalue weighted by molar-refractivity contribution is 6.29. The Balaban J connectivity index is 1.65. The summed E-state index contributed by atoms with van der Waals surface area (Å²) in [5, 5.41) is 3.67. The molecule has 5 nitrogen and oxygen atoms in total. The minimum absolute atomic E-state index is 0.433. The van der Waals surface area contributed by atoms with E-state index in [9.17, 15) is 0 Å². The monoisotopic (exact) mass is 305 g/mol. The van der Waals surface area contributed by atoms with Crippen LogP contribution in [0.2, 0.25) is 5.15 Å². The third kappa shape index (κ3) is 3.36. The van der Waals surface area contributed by atoms with Gasteiger partial charge in [0.25, 0.3) is 0 Å². The van der Waals surface area contributed by atoms with E-state index in [2.05, 4.69) is 28.3 Å². The number of hydrogen-bond acceptors (Lipinski definition) is 5. The van der Waals surface area contributed by atoms with E-state index in [1.165, 1.54) is 17.5 Å². The Morgan fingerprint density at radius 1 is 1.14 bits per heavy atom. The molecule has 2 heterocycles. The lowest BCUT2D eigenvalue weighted by atomic mass is 10.0. The molecule has 1 aliphatic heterocycles. The molecule has 1 aromatic carbocycles. The number of rotatable bonds is 4. The van der Waals surface area contributed by atoms with Crippen LogP contribution in [-0.4, -0.2) is 29.7 Å². The highest BCUT2D eigenvalue weighted by Gasteiger charge is 2.13. The molecule has 0 fully saturated rings. The maximum Gasteiger partial charge on any atom is 0.161 e. The van der Waals surface area contributed by atoms with Gasteiger partial charge in [0.05, 0.1) is 0 Å². The van der Waals surface area contributed by atoms with Gasteiger partial charge in [-0.05, 0) is 36.6 Å². The second-order valence-electron chi connectivity index (χ2n) is 4.83. The van der Waals surface area contributed by atoms with Crippen molar-refractivity contribution in [1.82, 2.24) is 9.97 Å². The van der Waals surface area contributed by atoms with E-state index in [0.29, 0.717) is 18.4 Å². The van der Waals surface area contributed by atoms with Crippen LogP contribution in [0, 0.1) is 6.92 Å². The van der Waals surface area contributed by atoms with Crippen molar-refractivity contribution in [2.45, 2.75) is 13.3 Å². The summed E-state index contributed by atoms with van der Waals surface area (Å²) in [5.74, 6) is 2.38. The minimum atomic E-state index is 0.433.